The zero-order chi connectivity index (χ0) is 12.7. The van der Waals surface area contributed by atoms with Gasteiger partial charge in [0.05, 0.1) is 9.99 Å². The Labute approximate surface area is 111 Å². The summed E-state index contributed by atoms with van der Waals surface area (Å²) in [5, 5.41) is 0. The molecule has 1 N–H and O–H groups in total. The Kier molecular flexibility index (Phi) is 2.63. The number of halogens is 2. The van der Waals surface area contributed by atoms with Gasteiger partial charge in [-0.3, -0.25) is 0 Å². The molecule has 0 aliphatic rings. The Morgan fingerprint density at radius 1 is 1.17 bits per heavy atom. The second-order valence-corrected chi connectivity index (χ2v) is 4.89. The average Bonchev–Trinajstić information content (AvgIpc) is 2.75. The van der Waals surface area contributed by atoms with E-state index in [1.807, 2.05) is 19.1 Å². The molecular formula is C13H9BrFN3. The van der Waals surface area contributed by atoms with Crippen LogP contribution >= 0.6 is 15.9 Å². The highest BCUT2D eigenvalue weighted by molar-refractivity contribution is 9.10. The molecule has 90 valence electrons. The fourth-order valence-electron chi connectivity index (χ4n) is 1.77. The van der Waals surface area contributed by atoms with Crippen LogP contribution in [0.5, 0.6) is 0 Å². The first kappa shape index (κ1) is 11.3. The second kappa shape index (κ2) is 4.17. The summed E-state index contributed by atoms with van der Waals surface area (Å²) in [6.07, 6.45) is 0. The molecule has 0 aliphatic carbocycles. The monoisotopic (exact) mass is 305 g/mol. The molecule has 0 bridgehead atoms. The van der Waals surface area contributed by atoms with Gasteiger partial charge in [-0.25, -0.2) is 14.4 Å². The van der Waals surface area contributed by atoms with Gasteiger partial charge < -0.3 is 4.98 Å². The molecule has 3 aromatic rings. The number of benzene rings is 1. The number of H-pyrrole nitrogens is 1. The van der Waals surface area contributed by atoms with Crippen molar-refractivity contribution >= 4 is 27.1 Å². The lowest BCUT2D eigenvalue weighted by Crippen LogP contribution is -1.83. The molecule has 0 unspecified atom stereocenters. The smallest absolute Gasteiger partial charge is 0.178 e. The number of hydrogen-bond acceptors (Lipinski definition) is 2. The van der Waals surface area contributed by atoms with Crippen molar-refractivity contribution in [2.75, 3.05) is 0 Å². The maximum absolute atomic E-state index is 13.2. The second-order valence-electron chi connectivity index (χ2n) is 4.04. The molecule has 0 saturated carbocycles. The number of nitrogens with zero attached hydrogens (tertiary/aromatic N) is 2. The van der Waals surface area contributed by atoms with E-state index in [0.717, 1.165) is 16.8 Å². The van der Waals surface area contributed by atoms with Crippen LogP contribution in [0.2, 0.25) is 0 Å². The summed E-state index contributed by atoms with van der Waals surface area (Å²) in [6.45, 7) is 1.92. The first-order chi connectivity index (χ1) is 8.63. The lowest BCUT2D eigenvalue weighted by atomic mass is 10.2. The Hall–Kier alpha value is -1.75. The zero-order valence-electron chi connectivity index (χ0n) is 9.54. The molecule has 0 atom stereocenters. The molecule has 0 spiro atoms. The van der Waals surface area contributed by atoms with Crippen molar-refractivity contribution in [3.63, 3.8) is 0 Å². The first-order valence-electron chi connectivity index (χ1n) is 5.42. The quantitative estimate of drug-likeness (QED) is 0.742. The average molecular weight is 306 g/mol. The summed E-state index contributed by atoms with van der Waals surface area (Å²) in [7, 11) is 0. The lowest BCUT2D eigenvalue weighted by Gasteiger charge is -1.98. The van der Waals surface area contributed by atoms with Gasteiger partial charge in [0.25, 0.3) is 0 Å². The molecule has 2 heterocycles. The third-order valence-corrected chi connectivity index (χ3v) is 3.29. The van der Waals surface area contributed by atoms with Crippen LogP contribution in [0.15, 0.2) is 34.8 Å². The molecule has 0 fully saturated rings. The van der Waals surface area contributed by atoms with Crippen molar-refractivity contribution in [1.29, 1.82) is 0 Å². The van der Waals surface area contributed by atoms with E-state index in [4.69, 9.17) is 0 Å². The Balaban J connectivity index is 2.16. The van der Waals surface area contributed by atoms with Gasteiger partial charge in [-0.05, 0) is 53.2 Å². The Bertz CT molecular complexity index is 736. The minimum atomic E-state index is -0.288. The number of pyridine rings is 1. The summed E-state index contributed by atoms with van der Waals surface area (Å²) >= 11 is 3.17. The van der Waals surface area contributed by atoms with Gasteiger partial charge in [-0.2, -0.15) is 0 Å². The van der Waals surface area contributed by atoms with Gasteiger partial charge in [-0.15, -0.1) is 0 Å². The van der Waals surface area contributed by atoms with E-state index in [-0.39, 0.29) is 5.82 Å². The normalized spacial score (nSPS) is 11.1. The van der Waals surface area contributed by atoms with Gasteiger partial charge in [0.15, 0.2) is 5.65 Å². The summed E-state index contributed by atoms with van der Waals surface area (Å²) in [6, 6.07) is 8.65. The highest BCUT2D eigenvalue weighted by Crippen LogP contribution is 2.24. The van der Waals surface area contributed by atoms with Gasteiger partial charge in [0, 0.05) is 11.3 Å². The summed E-state index contributed by atoms with van der Waals surface area (Å²) in [5.74, 6) is 0.396. The van der Waals surface area contributed by atoms with Gasteiger partial charge in [-0.1, -0.05) is 0 Å². The number of fused-ring (bicyclic) bond motifs is 1. The zero-order valence-corrected chi connectivity index (χ0v) is 11.1. The van der Waals surface area contributed by atoms with Crippen LogP contribution in [0.4, 0.5) is 4.39 Å². The number of rotatable bonds is 1. The van der Waals surface area contributed by atoms with Gasteiger partial charge >= 0.3 is 0 Å². The van der Waals surface area contributed by atoms with Crippen molar-refractivity contribution < 1.29 is 4.39 Å². The minimum absolute atomic E-state index is 0.288. The van der Waals surface area contributed by atoms with Crippen molar-refractivity contribution in [2.24, 2.45) is 0 Å². The number of aryl methyl sites for hydroxylation is 1. The molecule has 18 heavy (non-hydrogen) atoms. The topological polar surface area (TPSA) is 41.6 Å². The highest BCUT2D eigenvalue weighted by atomic mass is 79.9. The summed E-state index contributed by atoms with van der Waals surface area (Å²) in [5.41, 5.74) is 3.28. The maximum Gasteiger partial charge on any atom is 0.178 e. The fraction of sp³-hybridized carbons (Fsp3) is 0.0769. The van der Waals surface area contributed by atoms with E-state index >= 15 is 0 Å². The fourth-order valence-corrected chi connectivity index (χ4v) is 2.15. The number of hydrogen-bond donors (Lipinski definition) is 1. The molecule has 0 aliphatic heterocycles. The van der Waals surface area contributed by atoms with Crippen molar-refractivity contribution in [3.8, 4) is 11.4 Å². The Morgan fingerprint density at radius 3 is 2.78 bits per heavy atom. The molecule has 2 aromatic heterocycles. The van der Waals surface area contributed by atoms with Crippen LogP contribution in [0.1, 0.15) is 5.69 Å². The molecule has 0 radical (unpaired) electrons. The number of nitrogens with one attached hydrogen (secondary N) is 1. The van der Waals surface area contributed by atoms with Crippen LogP contribution in [0, 0.1) is 12.7 Å². The molecule has 1 aromatic carbocycles. The van der Waals surface area contributed by atoms with Crippen molar-refractivity contribution in [1.82, 2.24) is 15.0 Å². The molecule has 3 nitrogen and oxygen atoms in total. The summed E-state index contributed by atoms with van der Waals surface area (Å²) < 4.78 is 13.6. The van der Waals surface area contributed by atoms with E-state index in [2.05, 4.69) is 30.9 Å². The molecule has 0 amide bonds. The SMILES string of the molecule is Cc1ccc2[nH]c(-c3ccc(F)c(Br)c3)nc2n1. The third-order valence-electron chi connectivity index (χ3n) is 2.68. The highest BCUT2D eigenvalue weighted by Gasteiger charge is 2.08. The van der Waals surface area contributed by atoms with E-state index in [1.165, 1.54) is 6.07 Å². The third kappa shape index (κ3) is 1.90. The van der Waals surface area contributed by atoms with E-state index in [9.17, 15) is 4.39 Å². The molecular weight excluding hydrogens is 297 g/mol. The predicted octanol–water partition coefficient (Wildman–Crippen LogP) is 3.83. The molecule has 0 saturated heterocycles. The predicted molar refractivity (Wildman–Crippen MR) is 71.7 cm³/mol. The van der Waals surface area contributed by atoms with E-state index < -0.39 is 0 Å². The van der Waals surface area contributed by atoms with Crippen LogP contribution in [-0.4, -0.2) is 15.0 Å². The van der Waals surface area contributed by atoms with Crippen LogP contribution < -0.4 is 0 Å². The standard InChI is InChI=1S/C13H9BrFN3/c1-7-2-5-11-13(16-7)18-12(17-11)8-3-4-10(15)9(14)6-8/h2-6H,1H3,(H,16,17,18). The minimum Gasteiger partial charge on any atom is -0.337 e. The van der Waals surface area contributed by atoms with Crippen molar-refractivity contribution in [3.05, 3.63) is 46.3 Å². The number of aromatic amines is 1. The molecule has 5 heteroatoms. The van der Waals surface area contributed by atoms with Crippen molar-refractivity contribution in [2.45, 2.75) is 6.92 Å². The van der Waals surface area contributed by atoms with Gasteiger partial charge in [0.1, 0.15) is 11.6 Å². The van der Waals surface area contributed by atoms with Crippen LogP contribution in [0.3, 0.4) is 0 Å². The maximum atomic E-state index is 13.2. The first-order valence-corrected chi connectivity index (χ1v) is 6.21. The van der Waals surface area contributed by atoms with Gasteiger partial charge in [0.2, 0.25) is 0 Å². The molecule has 3 rings (SSSR count). The van der Waals surface area contributed by atoms with Crippen LogP contribution in [-0.2, 0) is 0 Å². The lowest BCUT2D eigenvalue weighted by molar-refractivity contribution is 0.621. The Morgan fingerprint density at radius 2 is 2.00 bits per heavy atom. The van der Waals surface area contributed by atoms with E-state index in [1.54, 1.807) is 12.1 Å². The van der Waals surface area contributed by atoms with E-state index in [0.29, 0.717) is 15.9 Å². The number of imidazole rings is 1. The van der Waals surface area contributed by atoms with Crippen LogP contribution in [0.25, 0.3) is 22.6 Å². The number of aromatic nitrogens is 3. The summed E-state index contributed by atoms with van der Waals surface area (Å²) in [4.78, 5) is 11.9. The largest absolute Gasteiger partial charge is 0.337 e.